The Hall–Kier alpha value is -8.27. The highest BCUT2D eigenvalue weighted by molar-refractivity contribution is 6.13. The van der Waals surface area contributed by atoms with Gasteiger partial charge in [0.1, 0.15) is 0 Å². The van der Waals surface area contributed by atoms with Gasteiger partial charge in [-0.15, -0.1) is 0 Å². The van der Waals surface area contributed by atoms with Gasteiger partial charge in [-0.2, -0.15) is 0 Å². The molecule has 1 aliphatic carbocycles. The van der Waals surface area contributed by atoms with Gasteiger partial charge in [-0.1, -0.05) is 206 Å². The van der Waals surface area contributed by atoms with Crippen LogP contribution in [0.15, 0.2) is 237 Å². The summed E-state index contributed by atoms with van der Waals surface area (Å²) in [6, 6.07) is 84.6. The summed E-state index contributed by atoms with van der Waals surface area (Å²) >= 11 is 0. The van der Waals surface area contributed by atoms with Gasteiger partial charge in [-0.25, -0.2) is 15.0 Å². The van der Waals surface area contributed by atoms with Crippen molar-refractivity contribution in [3.05, 3.63) is 259 Å². The molecule has 0 saturated heterocycles. The smallest absolute Gasteiger partial charge is 0.160 e. The first-order valence-electron chi connectivity index (χ1n) is 21.5. The van der Waals surface area contributed by atoms with Crippen molar-refractivity contribution in [2.75, 3.05) is 0 Å². The molecule has 0 unspecified atom stereocenters. The van der Waals surface area contributed by atoms with Crippen molar-refractivity contribution in [3.8, 4) is 67.4 Å². The fourth-order valence-corrected chi connectivity index (χ4v) is 9.85. The number of pyridine rings is 1. The van der Waals surface area contributed by atoms with Gasteiger partial charge in [-0.3, -0.25) is 0 Å². The van der Waals surface area contributed by atoms with E-state index < -0.39 is 5.41 Å². The SMILES string of the molecule is c1ccc(-c2cc(-c3ccccc3)nc(-c3ccc(-c4cccc(-c5nc6ccccc6c6cc7c(cc56)C(c5ccccc5)(c5ccccc5)c5ccccc5-7)c4)cc3)n2)cc1. The molecule has 63 heavy (non-hydrogen) atoms. The van der Waals surface area contributed by atoms with Gasteiger partial charge >= 0.3 is 0 Å². The van der Waals surface area contributed by atoms with Crippen LogP contribution in [0.25, 0.3) is 89.1 Å². The number of hydrogen-bond acceptors (Lipinski definition) is 3. The number of fused-ring (bicyclic) bond motifs is 6. The lowest BCUT2D eigenvalue weighted by Gasteiger charge is -2.34. The predicted octanol–water partition coefficient (Wildman–Crippen LogP) is 14.9. The number of hydrogen-bond donors (Lipinski definition) is 0. The van der Waals surface area contributed by atoms with Crippen molar-refractivity contribution in [3.63, 3.8) is 0 Å². The van der Waals surface area contributed by atoms with Crippen LogP contribution < -0.4 is 0 Å². The average Bonchev–Trinajstić information content (AvgIpc) is 3.66. The standard InChI is InChI=1S/C60H39N3/c1-5-18-41(19-6-1)56-39-57(42-20-7-2-8-21-42)63-59(62-56)43-34-32-40(33-35-43)44-22-17-23-45(36-44)58-52-38-54-51(37-50(52)49-29-14-16-31-55(49)61-58)48-28-13-15-30-53(48)60(54,46-24-9-3-10-25-46)47-26-11-4-12-27-47/h1-39H. The molecule has 0 aliphatic heterocycles. The molecule has 11 aromatic rings. The number of benzene rings is 9. The molecule has 2 heterocycles. The molecule has 0 N–H and O–H groups in total. The molecule has 0 spiro atoms. The molecule has 3 heteroatoms. The van der Waals surface area contributed by atoms with Crippen LogP contribution in [0.3, 0.4) is 0 Å². The molecule has 0 saturated carbocycles. The first-order chi connectivity index (χ1) is 31.2. The summed E-state index contributed by atoms with van der Waals surface area (Å²) in [5.74, 6) is 0.694. The minimum Gasteiger partial charge on any atom is -0.247 e. The summed E-state index contributed by atoms with van der Waals surface area (Å²) in [6.45, 7) is 0. The quantitative estimate of drug-likeness (QED) is 0.151. The van der Waals surface area contributed by atoms with Crippen molar-refractivity contribution in [1.29, 1.82) is 0 Å². The van der Waals surface area contributed by atoms with Crippen molar-refractivity contribution in [2.45, 2.75) is 5.41 Å². The molecule has 9 aromatic carbocycles. The highest BCUT2D eigenvalue weighted by Crippen LogP contribution is 2.57. The molecular weight excluding hydrogens is 763 g/mol. The van der Waals surface area contributed by atoms with E-state index in [-0.39, 0.29) is 0 Å². The van der Waals surface area contributed by atoms with E-state index in [2.05, 4.69) is 200 Å². The maximum atomic E-state index is 5.48. The van der Waals surface area contributed by atoms with Crippen LogP contribution in [-0.2, 0) is 5.41 Å². The lowest BCUT2D eigenvalue weighted by molar-refractivity contribution is 0.769. The zero-order chi connectivity index (χ0) is 41.7. The number of nitrogens with zero attached hydrogens (tertiary/aromatic N) is 3. The Kier molecular flexibility index (Phi) is 8.72. The summed E-state index contributed by atoms with van der Waals surface area (Å²) in [5.41, 5.74) is 17.2. The summed E-state index contributed by atoms with van der Waals surface area (Å²) < 4.78 is 0. The third-order valence-electron chi connectivity index (χ3n) is 12.8. The van der Waals surface area contributed by atoms with E-state index in [0.717, 1.165) is 66.8 Å². The van der Waals surface area contributed by atoms with Crippen molar-refractivity contribution >= 4 is 21.7 Å². The molecule has 0 fully saturated rings. The van der Waals surface area contributed by atoms with Gasteiger partial charge in [0.05, 0.1) is 28.0 Å². The Balaban J connectivity index is 1.01. The third-order valence-corrected chi connectivity index (χ3v) is 12.8. The second-order valence-corrected chi connectivity index (χ2v) is 16.3. The Labute approximate surface area is 366 Å². The normalized spacial score (nSPS) is 12.6. The van der Waals surface area contributed by atoms with Crippen LogP contribution in [0.1, 0.15) is 22.3 Å². The molecule has 294 valence electrons. The van der Waals surface area contributed by atoms with Crippen LogP contribution in [0, 0.1) is 0 Å². The number of rotatable bonds is 7. The topological polar surface area (TPSA) is 38.7 Å². The second kappa shape index (κ2) is 15.0. The molecule has 0 radical (unpaired) electrons. The third kappa shape index (κ3) is 6.08. The van der Waals surface area contributed by atoms with Crippen molar-refractivity contribution in [2.24, 2.45) is 0 Å². The Morgan fingerprint density at radius 1 is 0.286 bits per heavy atom. The number of para-hydroxylation sites is 1. The zero-order valence-electron chi connectivity index (χ0n) is 34.4. The summed E-state index contributed by atoms with van der Waals surface area (Å²) in [5, 5.41) is 3.48. The Morgan fingerprint density at radius 3 is 1.49 bits per heavy atom. The summed E-state index contributed by atoms with van der Waals surface area (Å²) in [7, 11) is 0. The van der Waals surface area contributed by atoms with Gasteiger partial charge in [0.25, 0.3) is 0 Å². The van der Waals surface area contributed by atoms with E-state index in [1.165, 1.54) is 38.8 Å². The zero-order valence-corrected chi connectivity index (χ0v) is 34.4. The second-order valence-electron chi connectivity index (χ2n) is 16.3. The van der Waals surface area contributed by atoms with E-state index in [1.54, 1.807) is 0 Å². The van der Waals surface area contributed by atoms with E-state index >= 15 is 0 Å². The first-order valence-corrected chi connectivity index (χ1v) is 21.5. The first kappa shape index (κ1) is 36.6. The summed E-state index contributed by atoms with van der Waals surface area (Å²) in [6.07, 6.45) is 0. The molecule has 3 nitrogen and oxygen atoms in total. The van der Waals surface area contributed by atoms with Crippen molar-refractivity contribution in [1.82, 2.24) is 15.0 Å². The molecule has 0 atom stereocenters. The van der Waals surface area contributed by atoms with Crippen LogP contribution in [0.4, 0.5) is 0 Å². The van der Waals surface area contributed by atoms with E-state index in [0.29, 0.717) is 5.82 Å². The Bertz CT molecular complexity index is 3380. The monoisotopic (exact) mass is 801 g/mol. The maximum absolute atomic E-state index is 5.48. The lowest BCUT2D eigenvalue weighted by atomic mass is 9.67. The highest BCUT2D eigenvalue weighted by Gasteiger charge is 2.46. The van der Waals surface area contributed by atoms with Crippen LogP contribution in [0.5, 0.6) is 0 Å². The summed E-state index contributed by atoms with van der Waals surface area (Å²) in [4.78, 5) is 15.6. The van der Waals surface area contributed by atoms with Crippen LogP contribution in [0.2, 0.25) is 0 Å². The predicted molar refractivity (Wildman–Crippen MR) is 259 cm³/mol. The lowest BCUT2D eigenvalue weighted by Crippen LogP contribution is -2.28. The average molecular weight is 802 g/mol. The molecule has 12 rings (SSSR count). The highest BCUT2D eigenvalue weighted by atomic mass is 14.9. The Morgan fingerprint density at radius 2 is 0.825 bits per heavy atom. The van der Waals surface area contributed by atoms with E-state index in [1.807, 2.05) is 36.4 Å². The van der Waals surface area contributed by atoms with Gasteiger partial charge < -0.3 is 0 Å². The molecule has 0 bridgehead atoms. The minimum absolute atomic E-state index is 0.513. The maximum Gasteiger partial charge on any atom is 0.160 e. The van der Waals surface area contributed by atoms with Gasteiger partial charge in [0, 0.05) is 33.0 Å². The minimum atomic E-state index is -0.513. The van der Waals surface area contributed by atoms with Crippen LogP contribution in [-0.4, -0.2) is 15.0 Å². The van der Waals surface area contributed by atoms with E-state index in [9.17, 15) is 0 Å². The van der Waals surface area contributed by atoms with E-state index in [4.69, 9.17) is 15.0 Å². The van der Waals surface area contributed by atoms with Crippen molar-refractivity contribution < 1.29 is 0 Å². The molecule has 1 aliphatic rings. The number of aromatic nitrogens is 3. The molecule has 0 amide bonds. The van der Waals surface area contributed by atoms with Gasteiger partial charge in [0.2, 0.25) is 0 Å². The molecule has 2 aromatic heterocycles. The fraction of sp³-hybridized carbons (Fsp3) is 0.0167. The fourth-order valence-electron chi connectivity index (χ4n) is 9.85. The van der Waals surface area contributed by atoms with Gasteiger partial charge in [-0.05, 0) is 80.2 Å². The van der Waals surface area contributed by atoms with Crippen LogP contribution >= 0.6 is 0 Å². The molecular formula is C60H39N3. The van der Waals surface area contributed by atoms with Gasteiger partial charge in [0.15, 0.2) is 5.82 Å². The largest absolute Gasteiger partial charge is 0.247 e.